The lowest BCUT2D eigenvalue weighted by Gasteiger charge is -2.07. The number of rotatable bonds is 6. The van der Waals surface area contributed by atoms with Crippen LogP contribution in [0.15, 0.2) is 60.9 Å². The summed E-state index contributed by atoms with van der Waals surface area (Å²) in [7, 11) is 2.27. The van der Waals surface area contributed by atoms with Gasteiger partial charge in [-0.3, -0.25) is 19.3 Å². The summed E-state index contributed by atoms with van der Waals surface area (Å²) >= 11 is 0. The highest BCUT2D eigenvalue weighted by Crippen LogP contribution is 2.31. The number of ether oxygens (including phenoxy) is 2. The number of nitrogens with zero attached hydrogens (tertiary/aromatic N) is 3. The van der Waals surface area contributed by atoms with Gasteiger partial charge in [0.25, 0.3) is 5.69 Å². The lowest BCUT2D eigenvalue weighted by atomic mass is 10.0. The number of benzene rings is 2. The van der Waals surface area contributed by atoms with Crippen molar-refractivity contribution in [2.24, 2.45) is 0 Å². The monoisotopic (exact) mass is 473 g/mol. The Kier molecular flexibility index (Phi) is 6.11. The smallest absolute Gasteiger partial charge is 0.341 e. The minimum absolute atomic E-state index is 0.0528. The number of esters is 2. The van der Waals surface area contributed by atoms with Crippen LogP contribution in [0, 0.1) is 17.0 Å². The Bertz CT molecular complexity index is 1520. The van der Waals surface area contributed by atoms with Gasteiger partial charge in [0, 0.05) is 23.3 Å². The van der Waals surface area contributed by atoms with Crippen molar-refractivity contribution in [3.05, 3.63) is 99.0 Å². The number of non-ortho nitro benzene ring substituents is 1. The molecule has 0 unspecified atom stereocenters. The number of aryl methyl sites for hydroxylation is 1. The Morgan fingerprint density at radius 3 is 2.29 bits per heavy atom. The van der Waals surface area contributed by atoms with Crippen molar-refractivity contribution < 1.29 is 28.8 Å². The second-order valence-electron chi connectivity index (χ2n) is 7.62. The molecule has 10 heteroatoms. The van der Waals surface area contributed by atoms with Gasteiger partial charge >= 0.3 is 11.9 Å². The number of fused-ring (bicyclic) bond motifs is 1. The first-order valence-electron chi connectivity index (χ1n) is 10.3. The molecule has 0 amide bonds. The van der Waals surface area contributed by atoms with Gasteiger partial charge in [0.1, 0.15) is 23.1 Å². The van der Waals surface area contributed by atoms with E-state index in [-0.39, 0.29) is 33.6 Å². The van der Waals surface area contributed by atoms with Crippen LogP contribution in [0.5, 0.6) is 0 Å². The van der Waals surface area contributed by atoms with E-state index in [1.165, 1.54) is 28.9 Å². The molecule has 0 bridgehead atoms. The Hall–Kier alpha value is -4.86. The van der Waals surface area contributed by atoms with Gasteiger partial charge in [0.15, 0.2) is 0 Å². The number of carbonyl (C=O) groups is 3. The van der Waals surface area contributed by atoms with Crippen LogP contribution in [0.1, 0.15) is 42.3 Å². The standard InChI is InChI=1S/C25H19N3O7/c1-14-6-4-7-15(10-14)18-12-19-20(24(30)34-2)21(25(31)35-3)22(27(19)13-26-18)23(29)16-8-5-9-17(11-16)28(32)33/h4-13H,1-3H3. The fourth-order valence-electron chi connectivity index (χ4n) is 3.85. The lowest BCUT2D eigenvalue weighted by molar-refractivity contribution is -0.384. The number of carbonyl (C=O) groups excluding carboxylic acids is 3. The summed E-state index contributed by atoms with van der Waals surface area (Å²) in [6.07, 6.45) is 1.32. The highest BCUT2D eigenvalue weighted by atomic mass is 16.6. The van der Waals surface area contributed by atoms with Crippen molar-refractivity contribution in [2.45, 2.75) is 6.92 Å². The normalized spacial score (nSPS) is 10.7. The molecule has 4 rings (SSSR count). The van der Waals surface area contributed by atoms with Crippen LogP contribution >= 0.6 is 0 Å². The average molecular weight is 473 g/mol. The molecular weight excluding hydrogens is 454 g/mol. The topological polar surface area (TPSA) is 130 Å². The van der Waals surface area contributed by atoms with E-state index in [0.717, 1.165) is 31.4 Å². The third kappa shape index (κ3) is 4.12. The zero-order chi connectivity index (χ0) is 25.3. The third-order valence-corrected chi connectivity index (χ3v) is 5.46. The molecule has 0 fully saturated rings. The van der Waals surface area contributed by atoms with E-state index in [1.54, 1.807) is 6.07 Å². The van der Waals surface area contributed by atoms with Crippen molar-refractivity contribution in [3.8, 4) is 11.3 Å². The van der Waals surface area contributed by atoms with E-state index in [4.69, 9.17) is 9.47 Å². The predicted octanol–water partition coefficient (Wildman–Crippen LogP) is 4.02. The number of aromatic nitrogens is 2. The molecule has 4 aromatic rings. The van der Waals surface area contributed by atoms with Crippen molar-refractivity contribution in [1.82, 2.24) is 9.38 Å². The molecule has 0 spiro atoms. The molecule has 0 radical (unpaired) electrons. The molecule has 0 aliphatic carbocycles. The van der Waals surface area contributed by atoms with E-state index >= 15 is 0 Å². The van der Waals surface area contributed by atoms with Gasteiger partial charge in [-0.25, -0.2) is 14.6 Å². The number of ketones is 1. The van der Waals surface area contributed by atoms with Crippen molar-refractivity contribution in [1.29, 1.82) is 0 Å². The molecule has 0 aliphatic heterocycles. The second-order valence-corrected chi connectivity index (χ2v) is 7.62. The maximum atomic E-state index is 13.6. The van der Waals surface area contributed by atoms with Crippen LogP contribution in [0.4, 0.5) is 5.69 Å². The molecule has 176 valence electrons. The molecule has 2 heterocycles. The van der Waals surface area contributed by atoms with Gasteiger partial charge in [-0.1, -0.05) is 35.9 Å². The first-order valence-corrected chi connectivity index (χ1v) is 10.3. The van der Waals surface area contributed by atoms with E-state index in [1.807, 2.05) is 31.2 Å². The van der Waals surface area contributed by atoms with Crippen LogP contribution < -0.4 is 0 Å². The fraction of sp³-hybridized carbons (Fsp3) is 0.120. The molecule has 10 nitrogen and oxygen atoms in total. The largest absolute Gasteiger partial charge is 0.465 e. The summed E-state index contributed by atoms with van der Waals surface area (Å²) < 4.78 is 11.1. The van der Waals surface area contributed by atoms with Crippen LogP contribution in [0.3, 0.4) is 0 Å². The number of methoxy groups -OCH3 is 2. The lowest BCUT2D eigenvalue weighted by Crippen LogP contribution is -2.15. The highest BCUT2D eigenvalue weighted by molar-refractivity contribution is 6.20. The van der Waals surface area contributed by atoms with E-state index in [0.29, 0.717) is 5.69 Å². The molecule has 0 saturated heterocycles. The highest BCUT2D eigenvalue weighted by Gasteiger charge is 2.33. The summed E-state index contributed by atoms with van der Waals surface area (Å²) in [4.78, 5) is 54.2. The van der Waals surface area contributed by atoms with Gasteiger partial charge < -0.3 is 9.47 Å². The van der Waals surface area contributed by atoms with Crippen LogP contribution in [-0.4, -0.2) is 46.2 Å². The first kappa shape index (κ1) is 23.3. The van der Waals surface area contributed by atoms with E-state index in [2.05, 4.69) is 4.98 Å². The maximum Gasteiger partial charge on any atom is 0.341 e. The summed E-state index contributed by atoms with van der Waals surface area (Å²) in [5.74, 6) is -2.54. The van der Waals surface area contributed by atoms with Gasteiger partial charge in [0.05, 0.1) is 30.4 Å². The molecular formula is C25H19N3O7. The predicted molar refractivity (Wildman–Crippen MR) is 125 cm³/mol. The van der Waals surface area contributed by atoms with Gasteiger partial charge in [-0.05, 0) is 19.1 Å². The summed E-state index contributed by atoms with van der Waals surface area (Å²) in [5.41, 5.74) is 1.36. The van der Waals surface area contributed by atoms with Gasteiger partial charge in [0.2, 0.25) is 5.78 Å². The Balaban J connectivity index is 2.05. The Morgan fingerprint density at radius 1 is 0.943 bits per heavy atom. The summed E-state index contributed by atoms with van der Waals surface area (Å²) in [5, 5.41) is 11.2. The van der Waals surface area contributed by atoms with E-state index in [9.17, 15) is 24.5 Å². The Morgan fingerprint density at radius 2 is 1.63 bits per heavy atom. The number of nitro benzene ring substituents is 1. The van der Waals surface area contributed by atoms with Crippen molar-refractivity contribution in [2.75, 3.05) is 14.2 Å². The van der Waals surface area contributed by atoms with Crippen LogP contribution in [0.2, 0.25) is 0 Å². The molecule has 0 saturated carbocycles. The molecule has 0 aliphatic rings. The zero-order valence-electron chi connectivity index (χ0n) is 19.0. The minimum Gasteiger partial charge on any atom is -0.465 e. The molecule has 35 heavy (non-hydrogen) atoms. The van der Waals surface area contributed by atoms with Gasteiger partial charge in [-0.15, -0.1) is 0 Å². The summed E-state index contributed by atoms with van der Waals surface area (Å²) in [6.45, 7) is 1.92. The molecule has 0 atom stereocenters. The quantitative estimate of drug-likeness (QED) is 0.178. The fourth-order valence-corrected chi connectivity index (χ4v) is 3.85. The van der Waals surface area contributed by atoms with Crippen molar-refractivity contribution >= 4 is 28.9 Å². The molecule has 2 aromatic carbocycles. The molecule has 2 aromatic heterocycles. The second kappa shape index (κ2) is 9.18. The van der Waals surface area contributed by atoms with Gasteiger partial charge in [-0.2, -0.15) is 0 Å². The zero-order valence-corrected chi connectivity index (χ0v) is 19.0. The average Bonchev–Trinajstić information content (AvgIpc) is 3.21. The van der Waals surface area contributed by atoms with E-state index < -0.39 is 22.6 Å². The summed E-state index contributed by atoms with van der Waals surface area (Å²) in [6, 6.07) is 14.1. The van der Waals surface area contributed by atoms with Crippen LogP contribution in [0.25, 0.3) is 16.8 Å². The number of hydrogen-bond acceptors (Lipinski definition) is 8. The van der Waals surface area contributed by atoms with Crippen LogP contribution in [-0.2, 0) is 9.47 Å². The number of nitro groups is 1. The minimum atomic E-state index is -0.944. The SMILES string of the molecule is COC(=O)c1c(C(=O)OC)c2cc(-c3cccc(C)c3)ncn2c1C(=O)c1cccc([N+](=O)[O-])c1. The number of hydrogen-bond donors (Lipinski definition) is 0. The maximum absolute atomic E-state index is 13.6. The third-order valence-electron chi connectivity index (χ3n) is 5.46. The Labute approximate surface area is 198 Å². The first-order chi connectivity index (χ1) is 16.8. The molecule has 0 N–H and O–H groups in total. The van der Waals surface area contributed by atoms with Crippen molar-refractivity contribution in [3.63, 3.8) is 0 Å².